The summed E-state index contributed by atoms with van der Waals surface area (Å²) in [7, 11) is 1.53. The fourth-order valence-corrected chi connectivity index (χ4v) is 2.91. The summed E-state index contributed by atoms with van der Waals surface area (Å²) in [5.74, 6) is 0.622. The summed E-state index contributed by atoms with van der Waals surface area (Å²) < 4.78 is 5.05. The average molecular weight is 262 g/mol. The molecule has 0 saturated heterocycles. The number of hydrogen-bond acceptors (Lipinski definition) is 5. The van der Waals surface area contributed by atoms with Gasteiger partial charge in [0, 0.05) is 0 Å². The van der Waals surface area contributed by atoms with E-state index in [2.05, 4.69) is 0 Å². The molecule has 0 aromatic heterocycles. The fraction of sp³-hybridized carbons (Fsp3) is 0.333. The van der Waals surface area contributed by atoms with Crippen molar-refractivity contribution in [3.8, 4) is 30.0 Å². The highest BCUT2D eigenvalue weighted by molar-refractivity contribution is 5.64. The predicted molar refractivity (Wildman–Crippen MR) is 67.7 cm³/mol. The fourth-order valence-electron chi connectivity index (χ4n) is 2.91. The van der Waals surface area contributed by atoms with Crippen molar-refractivity contribution in [2.24, 2.45) is 10.8 Å². The Kier molecular flexibility index (Phi) is 2.68. The third-order valence-corrected chi connectivity index (χ3v) is 4.34. The van der Waals surface area contributed by atoms with Gasteiger partial charge in [0.1, 0.15) is 5.75 Å². The molecule has 0 aliphatic heterocycles. The van der Waals surface area contributed by atoms with Gasteiger partial charge in [-0.15, -0.1) is 0 Å². The highest BCUT2D eigenvalue weighted by Crippen LogP contribution is 2.77. The van der Waals surface area contributed by atoms with Gasteiger partial charge in [0.05, 0.1) is 36.8 Å². The molecule has 2 rings (SSSR count). The first-order valence-corrected chi connectivity index (χ1v) is 5.83. The summed E-state index contributed by atoms with van der Waals surface area (Å²) in [6.45, 7) is 1.60. The summed E-state index contributed by atoms with van der Waals surface area (Å²) in [5, 5.41) is 37.4. The lowest BCUT2D eigenvalue weighted by molar-refractivity contribution is 0.414. The molecule has 0 spiro atoms. The minimum Gasteiger partial charge on any atom is -0.497 e. The van der Waals surface area contributed by atoms with Gasteiger partial charge in [-0.05, 0) is 17.7 Å². The van der Waals surface area contributed by atoms with Gasteiger partial charge >= 0.3 is 0 Å². The SMILES string of the molecule is COc1ccc(C2(C)C(C#N)(C#N)C2(C#N)C#N)cc1. The smallest absolute Gasteiger partial charge is 0.188 e. The molecule has 0 unspecified atom stereocenters. The minimum absolute atomic E-state index is 0.601. The first-order valence-electron chi connectivity index (χ1n) is 5.83. The molecule has 1 aromatic carbocycles. The van der Waals surface area contributed by atoms with Crippen LogP contribution in [0.25, 0.3) is 0 Å². The normalized spacial score (nSPS) is 19.5. The van der Waals surface area contributed by atoms with E-state index in [-0.39, 0.29) is 0 Å². The molecule has 0 amide bonds. The molecule has 1 fully saturated rings. The summed E-state index contributed by atoms with van der Waals surface area (Å²) >= 11 is 0. The Labute approximate surface area is 116 Å². The van der Waals surface area contributed by atoms with Crippen molar-refractivity contribution in [1.82, 2.24) is 0 Å². The van der Waals surface area contributed by atoms with E-state index >= 15 is 0 Å². The van der Waals surface area contributed by atoms with Gasteiger partial charge in [-0.1, -0.05) is 19.1 Å². The van der Waals surface area contributed by atoms with Crippen LogP contribution in [0, 0.1) is 56.2 Å². The van der Waals surface area contributed by atoms with Gasteiger partial charge in [-0.25, -0.2) is 0 Å². The van der Waals surface area contributed by atoms with Crippen LogP contribution < -0.4 is 4.74 Å². The van der Waals surface area contributed by atoms with E-state index in [1.165, 1.54) is 7.11 Å². The Balaban J connectivity index is 2.67. The summed E-state index contributed by atoms with van der Waals surface area (Å²) in [6, 6.07) is 14.2. The zero-order chi connectivity index (χ0) is 15.0. The van der Waals surface area contributed by atoms with E-state index in [0.29, 0.717) is 11.3 Å². The number of nitrogens with zero attached hydrogens (tertiary/aromatic N) is 4. The van der Waals surface area contributed by atoms with E-state index in [9.17, 15) is 21.0 Å². The van der Waals surface area contributed by atoms with Gasteiger partial charge < -0.3 is 4.74 Å². The van der Waals surface area contributed by atoms with Crippen molar-refractivity contribution in [1.29, 1.82) is 21.0 Å². The highest BCUT2D eigenvalue weighted by Gasteiger charge is 2.90. The molecule has 1 aromatic rings. The van der Waals surface area contributed by atoms with Crippen LogP contribution in [0.15, 0.2) is 24.3 Å². The molecule has 0 heterocycles. The number of nitriles is 4. The lowest BCUT2D eigenvalue weighted by atomic mass is 9.88. The molecule has 5 heteroatoms. The summed E-state index contributed by atoms with van der Waals surface area (Å²) in [6.07, 6.45) is 0. The summed E-state index contributed by atoms with van der Waals surface area (Å²) in [5.41, 5.74) is -3.85. The second kappa shape index (κ2) is 3.99. The zero-order valence-electron chi connectivity index (χ0n) is 11.0. The lowest BCUT2D eigenvalue weighted by Gasteiger charge is -2.12. The third-order valence-electron chi connectivity index (χ3n) is 4.34. The molecule has 5 nitrogen and oxygen atoms in total. The molecule has 20 heavy (non-hydrogen) atoms. The first kappa shape index (κ1) is 13.4. The van der Waals surface area contributed by atoms with Crippen LogP contribution in [-0.2, 0) is 5.41 Å². The largest absolute Gasteiger partial charge is 0.497 e. The quantitative estimate of drug-likeness (QED) is 0.810. The maximum Gasteiger partial charge on any atom is 0.188 e. The van der Waals surface area contributed by atoms with Crippen molar-refractivity contribution >= 4 is 0 Å². The number of methoxy groups -OCH3 is 1. The Bertz CT molecular complexity index is 656. The Hall–Kier alpha value is -3.02. The van der Waals surface area contributed by atoms with Crippen LogP contribution in [0.2, 0.25) is 0 Å². The standard InChI is InChI=1S/C15H10N4O/c1-13(11-3-5-12(20-2)6-4-11)14(7-16,8-17)15(13,9-18)10-19/h3-6H,1-2H3. The lowest BCUT2D eigenvalue weighted by Crippen LogP contribution is -2.13. The molecule has 0 atom stereocenters. The minimum atomic E-state index is -1.65. The van der Waals surface area contributed by atoms with E-state index in [4.69, 9.17) is 4.74 Å². The van der Waals surface area contributed by atoms with Gasteiger partial charge in [-0.3, -0.25) is 0 Å². The van der Waals surface area contributed by atoms with Gasteiger partial charge in [0.15, 0.2) is 10.8 Å². The number of benzene rings is 1. The number of rotatable bonds is 2. The Morgan fingerprint density at radius 1 is 0.850 bits per heavy atom. The molecule has 1 aliphatic carbocycles. The maximum atomic E-state index is 9.35. The van der Waals surface area contributed by atoms with Crippen LogP contribution in [0.5, 0.6) is 5.75 Å². The molecule has 96 valence electrons. The second-order valence-corrected chi connectivity index (χ2v) is 4.80. The summed E-state index contributed by atoms with van der Waals surface area (Å²) in [4.78, 5) is 0. The molecule has 1 saturated carbocycles. The van der Waals surface area contributed by atoms with Gasteiger partial charge in [0.2, 0.25) is 0 Å². The van der Waals surface area contributed by atoms with Crippen LogP contribution in [0.1, 0.15) is 12.5 Å². The monoisotopic (exact) mass is 262 g/mol. The number of ether oxygens (including phenoxy) is 1. The topological polar surface area (TPSA) is 104 Å². The van der Waals surface area contributed by atoms with E-state index < -0.39 is 16.2 Å². The third kappa shape index (κ3) is 1.08. The maximum absolute atomic E-state index is 9.35. The van der Waals surface area contributed by atoms with Crippen molar-refractivity contribution in [3.63, 3.8) is 0 Å². The molecule has 0 radical (unpaired) electrons. The van der Waals surface area contributed by atoms with Crippen LogP contribution in [0.3, 0.4) is 0 Å². The predicted octanol–water partition coefficient (Wildman–Crippen LogP) is 2.03. The molecule has 0 N–H and O–H groups in total. The van der Waals surface area contributed by atoms with E-state index in [0.717, 1.165) is 0 Å². The van der Waals surface area contributed by atoms with E-state index in [1.807, 2.05) is 24.3 Å². The average Bonchev–Trinajstić information content (AvgIpc) is 3.01. The number of hydrogen-bond donors (Lipinski definition) is 0. The highest BCUT2D eigenvalue weighted by atomic mass is 16.5. The van der Waals surface area contributed by atoms with Crippen molar-refractivity contribution in [2.75, 3.05) is 7.11 Å². The van der Waals surface area contributed by atoms with Crippen molar-refractivity contribution < 1.29 is 4.74 Å². The Morgan fingerprint density at radius 3 is 1.55 bits per heavy atom. The van der Waals surface area contributed by atoms with Crippen LogP contribution in [0.4, 0.5) is 0 Å². The molecule has 0 bridgehead atoms. The van der Waals surface area contributed by atoms with Crippen LogP contribution >= 0.6 is 0 Å². The molecular formula is C15H10N4O. The first-order chi connectivity index (χ1) is 9.53. The Morgan fingerprint density at radius 2 is 1.25 bits per heavy atom. The zero-order valence-corrected chi connectivity index (χ0v) is 11.0. The van der Waals surface area contributed by atoms with Crippen molar-refractivity contribution in [3.05, 3.63) is 29.8 Å². The molecular weight excluding hydrogens is 252 g/mol. The van der Waals surface area contributed by atoms with Gasteiger partial charge in [0.25, 0.3) is 0 Å². The van der Waals surface area contributed by atoms with E-state index in [1.54, 1.807) is 31.2 Å². The second-order valence-electron chi connectivity index (χ2n) is 4.80. The van der Waals surface area contributed by atoms with Crippen LogP contribution in [-0.4, -0.2) is 7.11 Å². The van der Waals surface area contributed by atoms with Gasteiger partial charge in [-0.2, -0.15) is 21.0 Å². The molecule has 1 aliphatic rings. The van der Waals surface area contributed by atoms with Crippen molar-refractivity contribution in [2.45, 2.75) is 12.3 Å².